The van der Waals surface area contributed by atoms with E-state index in [-0.39, 0.29) is 10.6 Å². The summed E-state index contributed by atoms with van der Waals surface area (Å²) in [6.07, 6.45) is 5.22. The fourth-order valence-corrected chi connectivity index (χ4v) is 4.52. The van der Waals surface area contributed by atoms with E-state index >= 15 is 0 Å². The zero-order valence-electron chi connectivity index (χ0n) is 15.3. The average molecular weight is 389 g/mol. The number of aromatic hydroxyl groups is 1. The molecule has 5 heteroatoms. The van der Waals surface area contributed by atoms with Crippen LogP contribution in [0.15, 0.2) is 83.9 Å². The number of rotatable bonds is 4. The van der Waals surface area contributed by atoms with E-state index in [1.807, 2.05) is 37.3 Å². The molecule has 0 atom stereocenters. The Kier molecular flexibility index (Phi) is 4.53. The van der Waals surface area contributed by atoms with Gasteiger partial charge in [0.2, 0.25) is 0 Å². The van der Waals surface area contributed by atoms with E-state index in [0.717, 1.165) is 16.5 Å². The summed E-state index contributed by atoms with van der Waals surface area (Å²) in [4.78, 5) is 0.245. The van der Waals surface area contributed by atoms with Gasteiger partial charge in [0.1, 0.15) is 5.75 Å². The summed E-state index contributed by atoms with van der Waals surface area (Å²) in [5.41, 5.74) is 3.04. The minimum atomic E-state index is -3.72. The normalized spacial score (nSPS) is 12.0. The highest BCUT2D eigenvalue weighted by Crippen LogP contribution is 2.28. The summed E-state index contributed by atoms with van der Waals surface area (Å²) in [6, 6.07) is 21.2. The number of para-hydroxylation sites is 2. The van der Waals surface area contributed by atoms with Crippen LogP contribution in [0.3, 0.4) is 0 Å². The number of benzene rings is 3. The third-order valence-electron chi connectivity index (χ3n) is 4.67. The fourth-order valence-electron chi connectivity index (χ4n) is 3.14. The highest BCUT2D eigenvalue weighted by molar-refractivity contribution is 7.90. The van der Waals surface area contributed by atoms with E-state index in [2.05, 4.69) is 0 Å². The van der Waals surface area contributed by atoms with Crippen LogP contribution in [0.25, 0.3) is 23.1 Å². The Labute approximate surface area is 164 Å². The number of phenols is 1. The summed E-state index contributed by atoms with van der Waals surface area (Å²) >= 11 is 0. The summed E-state index contributed by atoms with van der Waals surface area (Å²) in [5.74, 6) is 0.176. The van der Waals surface area contributed by atoms with Gasteiger partial charge in [-0.2, -0.15) is 0 Å². The van der Waals surface area contributed by atoms with Crippen LogP contribution in [0.2, 0.25) is 0 Å². The highest BCUT2D eigenvalue weighted by Gasteiger charge is 2.20. The molecule has 4 rings (SSSR count). The van der Waals surface area contributed by atoms with Gasteiger partial charge >= 0.3 is 0 Å². The summed E-state index contributed by atoms with van der Waals surface area (Å²) in [7, 11) is -3.72. The van der Waals surface area contributed by atoms with E-state index in [0.29, 0.717) is 11.1 Å². The molecule has 3 aromatic carbocycles. The molecule has 0 radical (unpaired) electrons. The lowest BCUT2D eigenvalue weighted by atomic mass is 10.1. The van der Waals surface area contributed by atoms with Crippen LogP contribution in [-0.2, 0) is 10.0 Å². The van der Waals surface area contributed by atoms with Gasteiger partial charge in [-0.05, 0) is 31.2 Å². The Morgan fingerprint density at radius 2 is 1.46 bits per heavy atom. The van der Waals surface area contributed by atoms with Gasteiger partial charge in [0, 0.05) is 22.7 Å². The summed E-state index contributed by atoms with van der Waals surface area (Å²) < 4.78 is 27.7. The number of hydrogen-bond donors (Lipinski definition) is 1. The third kappa shape index (κ3) is 3.21. The van der Waals surface area contributed by atoms with Gasteiger partial charge in [0.05, 0.1) is 10.4 Å². The second-order valence-corrected chi connectivity index (χ2v) is 8.42. The van der Waals surface area contributed by atoms with Crippen LogP contribution < -0.4 is 0 Å². The number of fused-ring (bicyclic) bond motifs is 1. The molecule has 140 valence electrons. The summed E-state index contributed by atoms with van der Waals surface area (Å²) in [6.45, 7) is 1.92. The molecule has 0 spiro atoms. The average Bonchev–Trinajstić information content (AvgIpc) is 3.07. The maximum atomic E-state index is 13.2. The van der Waals surface area contributed by atoms with Gasteiger partial charge in [0.15, 0.2) is 0 Å². The molecule has 0 amide bonds. The Morgan fingerprint density at radius 3 is 2.21 bits per heavy atom. The molecule has 28 heavy (non-hydrogen) atoms. The molecule has 4 aromatic rings. The van der Waals surface area contributed by atoms with Crippen molar-refractivity contribution in [1.82, 2.24) is 3.97 Å². The number of aromatic nitrogens is 1. The van der Waals surface area contributed by atoms with Crippen molar-refractivity contribution in [2.24, 2.45) is 0 Å². The minimum Gasteiger partial charge on any atom is -0.507 e. The molecule has 0 saturated heterocycles. The van der Waals surface area contributed by atoms with Crippen molar-refractivity contribution in [3.05, 3.63) is 95.7 Å². The molecule has 0 aliphatic carbocycles. The van der Waals surface area contributed by atoms with Gasteiger partial charge in [-0.25, -0.2) is 12.4 Å². The smallest absolute Gasteiger partial charge is 0.268 e. The molecule has 0 aliphatic heterocycles. The van der Waals surface area contributed by atoms with Crippen LogP contribution in [0, 0.1) is 6.92 Å². The maximum Gasteiger partial charge on any atom is 0.268 e. The molecule has 0 bridgehead atoms. The first-order valence-electron chi connectivity index (χ1n) is 8.85. The van der Waals surface area contributed by atoms with Crippen LogP contribution in [0.5, 0.6) is 5.75 Å². The first-order valence-corrected chi connectivity index (χ1v) is 10.3. The number of nitrogens with zero attached hydrogens (tertiary/aromatic N) is 1. The van der Waals surface area contributed by atoms with E-state index in [1.165, 1.54) is 3.97 Å². The number of phenolic OH excluding ortho intramolecular Hbond substituents is 1. The molecule has 0 saturated carbocycles. The van der Waals surface area contributed by atoms with E-state index in [9.17, 15) is 13.5 Å². The molecule has 1 aromatic heterocycles. The van der Waals surface area contributed by atoms with Gasteiger partial charge in [-0.1, -0.05) is 66.2 Å². The van der Waals surface area contributed by atoms with Gasteiger partial charge in [0.25, 0.3) is 10.0 Å². The first-order chi connectivity index (χ1) is 13.5. The topological polar surface area (TPSA) is 59.3 Å². The van der Waals surface area contributed by atoms with Crippen LogP contribution in [-0.4, -0.2) is 17.5 Å². The molecular weight excluding hydrogens is 370 g/mol. The van der Waals surface area contributed by atoms with E-state index < -0.39 is 10.0 Å². The predicted octanol–water partition coefficient (Wildman–Crippen LogP) is 5.06. The lowest BCUT2D eigenvalue weighted by Gasteiger charge is -2.07. The van der Waals surface area contributed by atoms with Gasteiger partial charge in [-0.15, -0.1) is 0 Å². The largest absolute Gasteiger partial charge is 0.507 e. The van der Waals surface area contributed by atoms with Crippen molar-refractivity contribution in [1.29, 1.82) is 0 Å². The Bertz CT molecular complexity index is 1280. The summed E-state index contributed by atoms with van der Waals surface area (Å²) in [5, 5.41) is 10.8. The van der Waals surface area contributed by atoms with Crippen molar-refractivity contribution in [2.75, 3.05) is 0 Å². The number of aryl methyl sites for hydroxylation is 1. The Hall–Kier alpha value is -3.31. The Balaban J connectivity index is 1.85. The van der Waals surface area contributed by atoms with Crippen molar-refractivity contribution >= 4 is 33.1 Å². The molecule has 0 aliphatic rings. The van der Waals surface area contributed by atoms with Crippen LogP contribution in [0.1, 0.15) is 16.7 Å². The number of hydrogen-bond acceptors (Lipinski definition) is 3. The van der Waals surface area contributed by atoms with Crippen molar-refractivity contribution < 1.29 is 13.5 Å². The quantitative estimate of drug-likeness (QED) is 0.530. The van der Waals surface area contributed by atoms with Gasteiger partial charge < -0.3 is 5.11 Å². The van der Waals surface area contributed by atoms with Gasteiger partial charge in [-0.3, -0.25) is 0 Å². The molecule has 0 fully saturated rings. The third-order valence-corrected chi connectivity index (χ3v) is 6.35. The van der Waals surface area contributed by atoms with Crippen molar-refractivity contribution in [2.45, 2.75) is 11.8 Å². The molecule has 0 unspecified atom stereocenters. The lowest BCUT2D eigenvalue weighted by Crippen LogP contribution is -2.11. The SMILES string of the molecule is Cc1ccc(S(=O)(=O)n2cc(/C=C/c3ccccc3O)c3ccccc32)cc1. The minimum absolute atomic E-state index is 0.176. The Morgan fingerprint density at radius 1 is 0.821 bits per heavy atom. The van der Waals surface area contributed by atoms with Crippen molar-refractivity contribution in [3.63, 3.8) is 0 Å². The van der Waals surface area contributed by atoms with Crippen molar-refractivity contribution in [3.8, 4) is 5.75 Å². The molecule has 1 N–H and O–H groups in total. The molecule has 1 heterocycles. The standard InChI is InChI=1S/C23H19NO3S/c1-17-10-14-20(15-11-17)28(26,27)24-16-19(21-7-3-4-8-22(21)24)13-12-18-6-2-5-9-23(18)25/h2-16,25H,1H3/b13-12+. The predicted molar refractivity (Wildman–Crippen MR) is 113 cm³/mol. The maximum absolute atomic E-state index is 13.2. The second kappa shape index (κ2) is 7.02. The van der Waals surface area contributed by atoms with E-state index in [4.69, 9.17) is 0 Å². The zero-order valence-corrected chi connectivity index (χ0v) is 16.1. The molecular formula is C23H19NO3S. The molecule has 4 nitrogen and oxygen atoms in total. The van der Waals surface area contributed by atoms with E-state index in [1.54, 1.807) is 60.8 Å². The first kappa shape index (κ1) is 18.1. The highest BCUT2D eigenvalue weighted by atomic mass is 32.2. The second-order valence-electron chi connectivity index (χ2n) is 6.61. The van der Waals surface area contributed by atoms with Crippen LogP contribution in [0.4, 0.5) is 0 Å². The lowest BCUT2D eigenvalue weighted by molar-refractivity contribution is 0.474. The fraction of sp³-hybridized carbons (Fsp3) is 0.0435. The zero-order chi connectivity index (χ0) is 19.7. The monoisotopic (exact) mass is 389 g/mol. The van der Waals surface area contributed by atoms with Crippen LogP contribution >= 0.6 is 0 Å².